The molecule has 3 aromatic heterocycles. The number of aromatic nitrogens is 4. The molecule has 12 nitrogen and oxygen atoms in total. The van der Waals surface area contributed by atoms with Crippen LogP contribution in [0.4, 0.5) is 11.4 Å². The van der Waals surface area contributed by atoms with E-state index in [0.717, 1.165) is 97.4 Å². The molecule has 294 valence electrons. The SMILES string of the molecule is CCN=C1C(c2cnc([C@H]3CCN(c4c5ccnc4C(CC(C)(C)CC(=O)O)C5)C3=NCC)cn2)CCN1c1c2ccnc1C(CC(C)(C)CC(=O)O)C2.Cl. The molecule has 55 heavy (non-hydrogen) atoms. The molecule has 4 aliphatic rings. The molecule has 0 saturated carbocycles. The van der Waals surface area contributed by atoms with Crippen molar-refractivity contribution in [1.29, 1.82) is 0 Å². The number of nitrogens with zero attached hydrogens (tertiary/aromatic N) is 8. The molecule has 2 aliphatic heterocycles. The van der Waals surface area contributed by atoms with Gasteiger partial charge in [-0.3, -0.25) is 39.5 Å². The Morgan fingerprint density at radius 1 is 0.709 bits per heavy atom. The van der Waals surface area contributed by atoms with E-state index in [2.05, 4.69) is 35.8 Å². The van der Waals surface area contributed by atoms with E-state index in [4.69, 9.17) is 29.9 Å². The van der Waals surface area contributed by atoms with Crippen LogP contribution in [0.2, 0.25) is 0 Å². The number of aliphatic imine (C=N–C) groups is 2. The molecule has 0 amide bonds. The Kier molecular flexibility index (Phi) is 11.7. The van der Waals surface area contributed by atoms with Gasteiger partial charge in [-0.25, -0.2) is 0 Å². The Bertz CT molecular complexity index is 1840. The lowest BCUT2D eigenvalue weighted by Crippen LogP contribution is -2.29. The predicted molar refractivity (Wildman–Crippen MR) is 217 cm³/mol. The van der Waals surface area contributed by atoms with Gasteiger partial charge < -0.3 is 20.0 Å². The van der Waals surface area contributed by atoms with Crippen molar-refractivity contribution in [2.75, 3.05) is 36.0 Å². The lowest BCUT2D eigenvalue weighted by molar-refractivity contribution is -0.140. The second kappa shape index (κ2) is 16.0. The quantitative estimate of drug-likeness (QED) is 0.168. The van der Waals surface area contributed by atoms with Crippen molar-refractivity contribution in [3.63, 3.8) is 0 Å². The second-order valence-corrected chi connectivity index (χ2v) is 17.1. The molecule has 0 aromatic carbocycles. The summed E-state index contributed by atoms with van der Waals surface area (Å²) in [6, 6.07) is 4.21. The molecule has 2 fully saturated rings. The van der Waals surface area contributed by atoms with Crippen LogP contribution in [0.25, 0.3) is 0 Å². The molecular weight excluding hydrogens is 716 g/mol. The smallest absolute Gasteiger partial charge is 0.303 e. The summed E-state index contributed by atoms with van der Waals surface area (Å²) in [5.74, 6) is 0.811. The summed E-state index contributed by atoms with van der Waals surface area (Å²) in [7, 11) is 0. The highest BCUT2D eigenvalue weighted by molar-refractivity contribution is 6.06. The maximum atomic E-state index is 11.6. The van der Waals surface area contributed by atoms with Gasteiger partial charge in [-0.1, -0.05) is 27.7 Å². The molecular formula is C42H55ClN8O4. The standard InChI is InChI=1S/C42H54N8O4.ClH/c1-7-43-39-29(11-15-49(39)37-25-9-13-45-35(37)27(17-25)19-41(3,4)21-33(51)52)31-23-48-32(24-47-31)30-12-16-50(40(30)44-8-2)38-26-10-14-46-36(38)28(18-26)20-42(5,6)22-34(53)54;/h9-10,13-14,23-24,27-30H,7-8,11-12,15-22H2,1-6H3,(H,51,52)(H,53,54);1H/t27?,28?,29-,30?;/m1./s1. The predicted octanol–water partition coefficient (Wildman–Crippen LogP) is 7.57. The number of hydrogen-bond donors (Lipinski definition) is 2. The highest BCUT2D eigenvalue weighted by Crippen LogP contribution is 2.50. The van der Waals surface area contributed by atoms with Crippen LogP contribution in [0.5, 0.6) is 0 Å². The Hall–Kier alpha value is -4.45. The third-order valence-electron chi connectivity index (χ3n) is 11.7. The number of carboxylic acid groups (broad SMARTS) is 2. The summed E-state index contributed by atoms with van der Waals surface area (Å²) in [4.78, 5) is 57.8. The normalized spacial score (nSPS) is 23.2. The first-order valence-corrected chi connectivity index (χ1v) is 19.6. The van der Waals surface area contributed by atoms with E-state index >= 15 is 0 Å². The van der Waals surface area contributed by atoms with Crippen LogP contribution in [-0.4, -0.2) is 79.9 Å². The molecule has 2 saturated heterocycles. The largest absolute Gasteiger partial charge is 0.481 e. The first kappa shape index (κ1) is 40.2. The number of amidine groups is 2. The van der Waals surface area contributed by atoms with Gasteiger partial charge in [0.1, 0.15) is 11.7 Å². The summed E-state index contributed by atoms with van der Waals surface area (Å²) in [6.45, 7) is 15.2. The van der Waals surface area contributed by atoms with Crippen molar-refractivity contribution in [3.8, 4) is 0 Å². The van der Waals surface area contributed by atoms with Gasteiger partial charge in [-0.05, 0) is 86.5 Å². The highest BCUT2D eigenvalue weighted by Gasteiger charge is 2.43. The number of fused-ring (bicyclic) bond motifs is 4. The average Bonchev–Trinajstić information content (AvgIpc) is 3.79. The molecule has 13 heteroatoms. The Morgan fingerprint density at radius 3 is 1.45 bits per heavy atom. The molecule has 4 atom stereocenters. The van der Waals surface area contributed by atoms with Gasteiger partial charge in [0.15, 0.2) is 0 Å². The minimum atomic E-state index is -0.769. The van der Waals surface area contributed by atoms with Gasteiger partial charge in [-0.15, -0.1) is 12.4 Å². The van der Waals surface area contributed by atoms with Crippen LogP contribution in [0.1, 0.15) is 138 Å². The first-order valence-electron chi connectivity index (χ1n) is 19.6. The fraction of sp³-hybridized carbons (Fsp3) is 0.571. The molecule has 5 heterocycles. The highest BCUT2D eigenvalue weighted by atomic mass is 35.5. The molecule has 2 aliphatic carbocycles. The minimum absolute atomic E-state index is 0. The molecule has 0 spiro atoms. The minimum Gasteiger partial charge on any atom is -0.481 e. The molecule has 0 radical (unpaired) electrons. The van der Waals surface area contributed by atoms with Gasteiger partial charge in [0.2, 0.25) is 0 Å². The van der Waals surface area contributed by atoms with Crippen molar-refractivity contribution in [1.82, 2.24) is 19.9 Å². The number of aliphatic carboxylic acids is 2. The van der Waals surface area contributed by atoms with Crippen molar-refractivity contribution < 1.29 is 19.8 Å². The zero-order valence-electron chi connectivity index (χ0n) is 33.0. The molecule has 7 rings (SSSR count). The van der Waals surface area contributed by atoms with Gasteiger partial charge in [0.05, 0.1) is 58.8 Å². The fourth-order valence-electron chi connectivity index (χ4n) is 9.75. The molecule has 4 bridgehead atoms. The topological polar surface area (TPSA) is 157 Å². The van der Waals surface area contributed by atoms with Gasteiger partial charge >= 0.3 is 11.9 Å². The lowest BCUT2D eigenvalue weighted by Gasteiger charge is -2.27. The molecule has 2 N–H and O–H groups in total. The third kappa shape index (κ3) is 8.11. The van der Waals surface area contributed by atoms with Gasteiger partial charge in [0, 0.05) is 62.8 Å². The Labute approximate surface area is 330 Å². The zero-order valence-corrected chi connectivity index (χ0v) is 33.8. The van der Waals surface area contributed by atoms with Crippen molar-refractivity contribution in [3.05, 3.63) is 70.8 Å². The van der Waals surface area contributed by atoms with Crippen LogP contribution in [0.15, 0.2) is 46.9 Å². The molecule has 3 aromatic rings. The van der Waals surface area contributed by atoms with E-state index in [0.29, 0.717) is 13.1 Å². The Balaban J connectivity index is 0.00000514. The number of rotatable bonds is 14. The summed E-state index contributed by atoms with van der Waals surface area (Å²) < 4.78 is 0. The van der Waals surface area contributed by atoms with Crippen LogP contribution < -0.4 is 9.80 Å². The number of carbonyl (C=O) groups is 2. The lowest BCUT2D eigenvalue weighted by atomic mass is 9.79. The zero-order chi connectivity index (χ0) is 38.4. The summed E-state index contributed by atoms with van der Waals surface area (Å²) in [5, 5.41) is 19.0. The number of anilines is 2. The number of carboxylic acids is 2. The first-order chi connectivity index (χ1) is 25.8. The van der Waals surface area contributed by atoms with E-state index in [1.807, 2.05) is 52.5 Å². The van der Waals surface area contributed by atoms with E-state index in [9.17, 15) is 19.8 Å². The Morgan fingerprint density at radius 2 is 1.11 bits per heavy atom. The van der Waals surface area contributed by atoms with E-state index in [1.54, 1.807) is 0 Å². The van der Waals surface area contributed by atoms with Crippen molar-refractivity contribution in [2.45, 2.75) is 117 Å². The van der Waals surface area contributed by atoms with Crippen molar-refractivity contribution >= 4 is 47.4 Å². The number of halogens is 1. The van der Waals surface area contributed by atoms with E-state index in [-0.39, 0.29) is 59.8 Å². The maximum Gasteiger partial charge on any atom is 0.303 e. The van der Waals surface area contributed by atoms with Gasteiger partial charge in [-0.2, -0.15) is 0 Å². The average molecular weight is 771 g/mol. The molecule has 3 unspecified atom stereocenters. The summed E-state index contributed by atoms with van der Waals surface area (Å²) in [5.41, 5.74) is 7.99. The number of hydrogen-bond acceptors (Lipinski definition) is 8. The third-order valence-corrected chi connectivity index (χ3v) is 11.7. The summed E-state index contributed by atoms with van der Waals surface area (Å²) >= 11 is 0. The van der Waals surface area contributed by atoms with Crippen molar-refractivity contribution in [2.24, 2.45) is 20.8 Å². The monoisotopic (exact) mass is 770 g/mol. The number of pyridine rings is 2. The van der Waals surface area contributed by atoms with Crippen LogP contribution >= 0.6 is 12.4 Å². The van der Waals surface area contributed by atoms with E-state index < -0.39 is 11.9 Å². The van der Waals surface area contributed by atoms with Crippen LogP contribution in [0.3, 0.4) is 0 Å². The second-order valence-electron chi connectivity index (χ2n) is 17.1. The van der Waals surface area contributed by atoms with Crippen LogP contribution in [0, 0.1) is 10.8 Å². The summed E-state index contributed by atoms with van der Waals surface area (Å²) in [6.07, 6.45) is 12.9. The fourth-order valence-corrected chi connectivity index (χ4v) is 9.75. The van der Waals surface area contributed by atoms with E-state index in [1.165, 1.54) is 11.1 Å². The van der Waals surface area contributed by atoms with Gasteiger partial charge in [0.25, 0.3) is 0 Å². The van der Waals surface area contributed by atoms with Crippen LogP contribution in [-0.2, 0) is 22.4 Å². The maximum absolute atomic E-state index is 11.6.